The van der Waals surface area contributed by atoms with Gasteiger partial charge in [0.05, 0.1) is 6.04 Å². The molecule has 1 saturated heterocycles. The number of thioether (sulfide) groups is 1. The van der Waals surface area contributed by atoms with Crippen molar-refractivity contribution < 1.29 is 4.79 Å². The summed E-state index contributed by atoms with van der Waals surface area (Å²) in [5.41, 5.74) is 1.28. The van der Waals surface area contributed by atoms with E-state index in [0.717, 1.165) is 18.9 Å². The van der Waals surface area contributed by atoms with E-state index in [-0.39, 0.29) is 5.91 Å². The topological polar surface area (TPSA) is 45.2 Å². The van der Waals surface area contributed by atoms with Crippen LogP contribution < -0.4 is 5.32 Å². The minimum absolute atomic E-state index is 0.232. The fourth-order valence-electron chi connectivity index (χ4n) is 2.12. The third-order valence-corrected chi connectivity index (χ3v) is 4.47. The highest BCUT2D eigenvalue weighted by atomic mass is 32.2. The maximum absolute atomic E-state index is 11.5. The molecule has 1 unspecified atom stereocenters. The van der Waals surface area contributed by atoms with Crippen molar-refractivity contribution >= 4 is 23.5 Å². The minimum atomic E-state index is 0.232. The smallest absolute Gasteiger partial charge is 0.222 e. The summed E-state index contributed by atoms with van der Waals surface area (Å²) in [5, 5.41) is 3.87. The molecule has 0 aliphatic carbocycles. The SMILES string of the molecule is CCC(=O)N1CC(Nc2cc(C(C)SC)ccn2)C1. The second-order valence-electron chi connectivity index (χ2n) is 4.85. The van der Waals surface area contributed by atoms with Crippen LogP contribution in [0.3, 0.4) is 0 Å². The molecular formula is C14H21N3OS. The van der Waals surface area contributed by atoms with Gasteiger partial charge in [0.2, 0.25) is 5.91 Å². The number of aromatic nitrogens is 1. The molecule has 5 heteroatoms. The Morgan fingerprint density at radius 1 is 1.63 bits per heavy atom. The third kappa shape index (κ3) is 3.41. The van der Waals surface area contributed by atoms with Gasteiger partial charge in [0.1, 0.15) is 5.82 Å². The second kappa shape index (κ2) is 6.28. The number of carbonyl (C=O) groups is 1. The van der Waals surface area contributed by atoms with Crippen LogP contribution in [0.4, 0.5) is 5.82 Å². The van der Waals surface area contributed by atoms with Crippen LogP contribution in [0.5, 0.6) is 0 Å². The first-order chi connectivity index (χ1) is 9.13. The van der Waals surface area contributed by atoms with Crippen LogP contribution in [0.25, 0.3) is 0 Å². The van der Waals surface area contributed by atoms with Gasteiger partial charge >= 0.3 is 0 Å². The lowest BCUT2D eigenvalue weighted by Gasteiger charge is -2.39. The first-order valence-electron chi connectivity index (χ1n) is 6.67. The van der Waals surface area contributed by atoms with E-state index in [1.807, 2.05) is 29.8 Å². The molecule has 1 atom stereocenters. The standard InChI is InChI=1S/C14H21N3OS/c1-4-14(18)17-8-12(9-17)16-13-7-11(5-6-15-13)10(2)19-3/h5-7,10,12H,4,8-9H2,1-3H3,(H,15,16). The molecule has 1 aromatic heterocycles. The number of hydrogen-bond donors (Lipinski definition) is 1. The molecule has 0 spiro atoms. The minimum Gasteiger partial charge on any atom is -0.364 e. The molecule has 1 aliphatic heterocycles. The quantitative estimate of drug-likeness (QED) is 0.899. The molecular weight excluding hydrogens is 258 g/mol. The summed E-state index contributed by atoms with van der Waals surface area (Å²) in [6.45, 7) is 5.67. The Kier molecular flexibility index (Phi) is 4.69. The van der Waals surface area contributed by atoms with Crippen LogP contribution in [0.15, 0.2) is 18.3 Å². The molecule has 4 nitrogen and oxygen atoms in total. The molecule has 0 bridgehead atoms. The van der Waals surface area contributed by atoms with Gasteiger partial charge in [-0.1, -0.05) is 6.92 Å². The number of anilines is 1. The first kappa shape index (κ1) is 14.2. The number of rotatable bonds is 5. The monoisotopic (exact) mass is 279 g/mol. The van der Waals surface area contributed by atoms with Gasteiger partial charge in [0, 0.05) is 31.0 Å². The number of pyridine rings is 1. The lowest BCUT2D eigenvalue weighted by atomic mass is 10.1. The number of likely N-dealkylation sites (tertiary alicyclic amines) is 1. The van der Waals surface area contributed by atoms with Crippen LogP contribution in [-0.4, -0.2) is 41.2 Å². The number of amides is 1. The third-order valence-electron chi connectivity index (χ3n) is 3.50. The Balaban J connectivity index is 1.89. The van der Waals surface area contributed by atoms with Gasteiger partial charge in [-0.3, -0.25) is 4.79 Å². The number of carbonyl (C=O) groups excluding carboxylic acids is 1. The van der Waals surface area contributed by atoms with Gasteiger partial charge in [0.15, 0.2) is 0 Å². The van der Waals surface area contributed by atoms with E-state index in [1.165, 1.54) is 5.56 Å². The van der Waals surface area contributed by atoms with Gasteiger partial charge < -0.3 is 10.2 Å². The molecule has 1 amide bonds. The van der Waals surface area contributed by atoms with E-state index in [0.29, 0.717) is 17.7 Å². The highest BCUT2D eigenvalue weighted by Gasteiger charge is 2.29. The Labute approximate surface area is 119 Å². The summed E-state index contributed by atoms with van der Waals surface area (Å²) in [5.74, 6) is 1.14. The van der Waals surface area contributed by atoms with Crippen LogP contribution in [0.1, 0.15) is 31.1 Å². The molecule has 1 aromatic rings. The largest absolute Gasteiger partial charge is 0.364 e. The molecule has 0 saturated carbocycles. The molecule has 1 N–H and O–H groups in total. The van der Waals surface area contributed by atoms with Gasteiger partial charge in [-0.15, -0.1) is 0 Å². The predicted octanol–water partition coefficient (Wildman–Crippen LogP) is 2.54. The van der Waals surface area contributed by atoms with Gasteiger partial charge in [-0.05, 0) is 30.9 Å². The van der Waals surface area contributed by atoms with E-state index in [9.17, 15) is 4.79 Å². The van der Waals surface area contributed by atoms with Crippen LogP contribution in [-0.2, 0) is 4.79 Å². The molecule has 0 radical (unpaired) electrons. The fourth-order valence-corrected chi connectivity index (χ4v) is 2.54. The number of nitrogens with one attached hydrogen (secondary N) is 1. The highest BCUT2D eigenvalue weighted by molar-refractivity contribution is 7.98. The fraction of sp³-hybridized carbons (Fsp3) is 0.571. The summed E-state index contributed by atoms with van der Waals surface area (Å²) < 4.78 is 0. The van der Waals surface area contributed by atoms with Crippen molar-refractivity contribution in [2.75, 3.05) is 24.7 Å². The van der Waals surface area contributed by atoms with Crippen molar-refractivity contribution in [1.29, 1.82) is 0 Å². The number of nitrogens with zero attached hydrogens (tertiary/aromatic N) is 2. The van der Waals surface area contributed by atoms with Crippen molar-refractivity contribution in [3.05, 3.63) is 23.9 Å². The highest BCUT2D eigenvalue weighted by Crippen LogP contribution is 2.27. The first-order valence-corrected chi connectivity index (χ1v) is 7.96. The van der Waals surface area contributed by atoms with Crippen LogP contribution in [0, 0.1) is 0 Å². The van der Waals surface area contributed by atoms with E-state index >= 15 is 0 Å². The maximum Gasteiger partial charge on any atom is 0.222 e. The van der Waals surface area contributed by atoms with Crippen molar-refractivity contribution in [3.8, 4) is 0 Å². The summed E-state index contributed by atoms with van der Waals surface area (Å²) in [6.07, 6.45) is 4.54. The van der Waals surface area contributed by atoms with E-state index in [4.69, 9.17) is 0 Å². The van der Waals surface area contributed by atoms with Gasteiger partial charge in [-0.25, -0.2) is 4.98 Å². The van der Waals surface area contributed by atoms with E-state index in [1.54, 1.807) is 0 Å². The Bertz CT molecular complexity index is 446. The zero-order chi connectivity index (χ0) is 13.8. The zero-order valence-corrected chi connectivity index (χ0v) is 12.5. The second-order valence-corrected chi connectivity index (χ2v) is 6.02. The molecule has 1 aliphatic rings. The molecule has 104 valence electrons. The summed E-state index contributed by atoms with van der Waals surface area (Å²) >= 11 is 1.82. The lowest BCUT2D eigenvalue weighted by Crippen LogP contribution is -2.56. The van der Waals surface area contributed by atoms with Crippen LogP contribution >= 0.6 is 11.8 Å². The van der Waals surface area contributed by atoms with Gasteiger partial charge in [0.25, 0.3) is 0 Å². The molecule has 2 rings (SSSR count). The molecule has 2 heterocycles. The zero-order valence-electron chi connectivity index (χ0n) is 11.7. The van der Waals surface area contributed by atoms with Crippen molar-refractivity contribution in [3.63, 3.8) is 0 Å². The normalized spacial score (nSPS) is 16.9. The van der Waals surface area contributed by atoms with E-state index in [2.05, 4.69) is 35.6 Å². The van der Waals surface area contributed by atoms with Gasteiger partial charge in [-0.2, -0.15) is 11.8 Å². The average Bonchev–Trinajstić information content (AvgIpc) is 2.41. The van der Waals surface area contributed by atoms with Crippen molar-refractivity contribution in [2.45, 2.75) is 31.6 Å². The van der Waals surface area contributed by atoms with E-state index < -0.39 is 0 Å². The van der Waals surface area contributed by atoms with Crippen molar-refractivity contribution in [2.24, 2.45) is 0 Å². The Morgan fingerprint density at radius 2 is 2.37 bits per heavy atom. The maximum atomic E-state index is 11.5. The van der Waals surface area contributed by atoms with Crippen LogP contribution in [0.2, 0.25) is 0 Å². The summed E-state index contributed by atoms with van der Waals surface area (Å²) in [7, 11) is 0. The number of hydrogen-bond acceptors (Lipinski definition) is 4. The Morgan fingerprint density at radius 3 is 3.00 bits per heavy atom. The summed E-state index contributed by atoms with van der Waals surface area (Å²) in [4.78, 5) is 17.7. The molecule has 19 heavy (non-hydrogen) atoms. The average molecular weight is 279 g/mol. The summed E-state index contributed by atoms with van der Waals surface area (Å²) in [6, 6.07) is 4.49. The van der Waals surface area contributed by atoms with Crippen molar-refractivity contribution in [1.82, 2.24) is 9.88 Å². The lowest BCUT2D eigenvalue weighted by molar-refractivity contribution is -0.134. The molecule has 0 aromatic carbocycles. The predicted molar refractivity (Wildman–Crippen MR) is 80.4 cm³/mol. The Hall–Kier alpha value is -1.23. The molecule has 1 fully saturated rings.